The zero-order valence-corrected chi connectivity index (χ0v) is 17.2. The van der Waals surface area contributed by atoms with E-state index in [4.69, 9.17) is 13.9 Å². The van der Waals surface area contributed by atoms with Crippen molar-refractivity contribution in [2.24, 2.45) is 0 Å². The Labute approximate surface area is 171 Å². The Hall–Kier alpha value is -3.05. The third-order valence-corrected chi connectivity index (χ3v) is 4.72. The number of fused-ring (bicyclic) bond motifs is 1. The molecule has 3 rings (SSSR count). The predicted molar refractivity (Wildman–Crippen MR) is 116 cm³/mol. The van der Waals surface area contributed by atoms with E-state index in [1.165, 1.54) is 0 Å². The minimum absolute atomic E-state index is 0.128. The molecule has 0 spiro atoms. The van der Waals surface area contributed by atoms with Gasteiger partial charge in [0, 0.05) is 48.4 Å². The number of methoxy groups -OCH3 is 1. The van der Waals surface area contributed by atoms with Gasteiger partial charge in [0.2, 0.25) is 5.91 Å². The van der Waals surface area contributed by atoms with Gasteiger partial charge in [-0.05, 0) is 37.5 Å². The maximum absolute atomic E-state index is 12.3. The minimum Gasteiger partial charge on any atom is -0.496 e. The largest absolute Gasteiger partial charge is 0.496 e. The summed E-state index contributed by atoms with van der Waals surface area (Å²) in [5.41, 5.74) is 4.53. The molecule has 29 heavy (non-hydrogen) atoms. The topological polar surface area (TPSA) is 60.7 Å². The highest BCUT2D eigenvalue weighted by molar-refractivity contribution is 6.00. The number of benzene rings is 2. The van der Waals surface area contributed by atoms with E-state index < -0.39 is 0 Å². The molecule has 0 bridgehead atoms. The van der Waals surface area contributed by atoms with E-state index in [9.17, 15) is 4.79 Å². The Morgan fingerprint density at radius 3 is 2.72 bits per heavy atom. The van der Waals surface area contributed by atoms with Crippen LogP contribution in [-0.2, 0) is 9.53 Å². The normalized spacial score (nSPS) is 11.6. The molecule has 2 aromatic carbocycles. The first kappa shape index (κ1) is 20.7. The smallest absolute Gasteiger partial charge is 0.244 e. The molecule has 0 saturated carbocycles. The Bertz CT molecular complexity index is 989. The molecule has 0 aliphatic carbocycles. The van der Waals surface area contributed by atoms with Crippen LogP contribution in [0.2, 0.25) is 0 Å². The molecule has 0 saturated heterocycles. The van der Waals surface area contributed by atoms with Crippen LogP contribution in [0.15, 0.2) is 59.2 Å². The number of hydrogen-bond acceptors (Lipinski definition) is 4. The first-order chi connectivity index (χ1) is 14.1. The molecule has 0 aliphatic heterocycles. The van der Waals surface area contributed by atoms with E-state index in [1.807, 2.05) is 56.3 Å². The highest BCUT2D eigenvalue weighted by Crippen LogP contribution is 2.37. The van der Waals surface area contributed by atoms with Gasteiger partial charge in [0.05, 0.1) is 13.4 Å². The van der Waals surface area contributed by atoms with Gasteiger partial charge in [0.1, 0.15) is 11.3 Å². The first-order valence-electron chi connectivity index (χ1n) is 9.83. The number of furan rings is 1. The first-order valence-corrected chi connectivity index (χ1v) is 9.83. The van der Waals surface area contributed by atoms with Crippen molar-refractivity contribution in [1.82, 2.24) is 5.32 Å². The van der Waals surface area contributed by atoms with Crippen LogP contribution in [-0.4, -0.2) is 32.8 Å². The summed E-state index contributed by atoms with van der Waals surface area (Å²) >= 11 is 0. The van der Waals surface area contributed by atoms with Crippen molar-refractivity contribution in [3.63, 3.8) is 0 Å². The molecule has 5 heteroatoms. The monoisotopic (exact) mass is 393 g/mol. The van der Waals surface area contributed by atoms with Crippen LogP contribution >= 0.6 is 0 Å². The Balaban J connectivity index is 1.86. The molecule has 0 atom stereocenters. The van der Waals surface area contributed by atoms with Crippen LogP contribution in [0.3, 0.4) is 0 Å². The second-order valence-electron chi connectivity index (χ2n) is 6.73. The molecule has 152 valence electrons. The van der Waals surface area contributed by atoms with Gasteiger partial charge in [-0.15, -0.1) is 0 Å². The maximum Gasteiger partial charge on any atom is 0.244 e. The van der Waals surface area contributed by atoms with Gasteiger partial charge in [-0.25, -0.2) is 0 Å². The number of amides is 1. The summed E-state index contributed by atoms with van der Waals surface area (Å²) < 4.78 is 16.6. The standard InChI is InChI=1S/C24H27NO4/c1-4-28-12-8-11-25-24(26)13-17(2)19-14-20-21(18-9-6-5-7-10-18)16-29-23(20)15-22(19)27-3/h5-7,9-10,13-16H,4,8,11-12H2,1-3H3,(H,25,26)/b17-13+. The van der Waals surface area contributed by atoms with E-state index in [0.717, 1.165) is 39.7 Å². The fourth-order valence-corrected chi connectivity index (χ4v) is 3.23. The third-order valence-electron chi connectivity index (χ3n) is 4.72. The molecular weight excluding hydrogens is 366 g/mol. The van der Waals surface area contributed by atoms with Crippen LogP contribution in [0.4, 0.5) is 0 Å². The highest BCUT2D eigenvalue weighted by atomic mass is 16.5. The van der Waals surface area contributed by atoms with Crippen molar-refractivity contribution in [3.8, 4) is 16.9 Å². The molecule has 0 radical (unpaired) electrons. The number of carbonyl (C=O) groups excluding carboxylic acids is 1. The van der Waals surface area contributed by atoms with E-state index in [0.29, 0.717) is 25.5 Å². The van der Waals surface area contributed by atoms with Gasteiger partial charge in [-0.3, -0.25) is 4.79 Å². The van der Waals surface area contributed by atoms with Crippen molar-refractivity contribution in [3.05, 3.63) is 60.4 Å². The molecule has 0 aliphatic rings. The van der Waals surface area contributed by atoms with E-state index >= 15 is 0 Å². The van der Waals surface area contributed by atoms with Crippen LogP contribution in [0.1, 0.15) is 25.8 Å². The van der Waals surface area contributed by atoms with Gasteiger partial charge >= 0.3 is 0 Å². The van der Waals surface area contributed by atoms with Crippen molar-refractivity contribution in [2.45, 2.75) is 20.3 Å². The summed E-state index contributed by atoms with van der Waals surface area (Å²) in [7, 11) is 1.62. The number of carbonyl (C=O) groups is 1. The second kappa shape index (κ2) is 9.94. The molecule has 1 aromatic heterocycles. The fourth-order valence-electron chi connectivity index (χ4n) is 3.23. The van der Waals surface area contributed by atoms with Crippen molar-refractivity contribution >= 4 is 22.4 Å². The quantitative estimate of drug-likeness (QED) is 0.408. The van der Waals surface area contributed by atoms with Crippen LogP contribution in [0, 0.1) is 0 Å². The molecule has 5 nitrogen and oxygen atoms in total. The summed E-state index contributed by atoms with van der Waals surface area (Å²) in [4.78, 5) is 12.3. The van der Waals surface area contributed by atoms with Crippen molar-refractivity contribution in [1.29, 1.82) is 0 Å². The molecule has 1 heterocycles. The molecular formula is C24H27NO4. The van der Waals surface area contributed by atoms with Gasteiger partial charge in [-0.1, -0.05) is 30.3 Å². The number of hydrogen-bond donors (Lipinski definition) is 1. The summed E-state index contributed by atoms with van der Waals surface area (Å²) in [6.45, 7) is 5.78. The number of nitrogens with one attached hydrogen (secondary N) is 1. The molecule has 1 N–H and O–H groups in total. The highest BCUT2D eigenvalue weighted by Gasteiger charge is 2.14. The number of rotatable bonds is 9. The van der Waals surface area contributed by atoms with Crippen molar-refractivity contribution in [2.75, 3.05) is 26.9 Å². The Morgan fingerprint density at radius 2 is 2.00 bits per heavy atom. The Kier molecular flexibility index (Phi) is 7.09. The number of allylic oxidation sites excluding steroid dienone is 1. The maximum atomic E-state index is 12.3. The van der Waals surface area contributed by atoms with Crippen molar-refractivity contribution < 1.29 is 18.7 Å². The zero-order valence-electron chi connectivity index (χ0n) is 17.2. The van der Waals surface area contributed by atoms with E-state index in [-0.39, 0.29) is 5.91 Å². The summed E-state index contributed by atoms with van der Waals surface area (Å²) in [6.07, 6.45) is 4.15. The number of ether oxygens (including phenoxy) is 2. The SMILES string of the molecule is CCOCCCNC(=O)/C=C(\C)c1cc2c(-c3ccccc3)coc2cc1OC. The van der Waals surface area contributed by atoms with E-state index in [1.54, 1.807) is 19.4 Å². The van der Waals surface area contributed by atoms with Gasteiger partial charge in [0.25, 0.3) is 0 Å². The predicted octanol–water partition coefficient (Wildman–Crippen LogP) is 5.05. The third kappa shape index (κ3) is 5.06. The lowest BCUT2D eigenvalue weighted by molar-refractivity contribution is -0.116. The lowest BCUT2D eigenvalue weighted by Crippen LogP contribution is -2.23. The van der Waals surface area contributed by atoms with Crippen LogP contribution < -0.4 is 10.1 Å². The summed E-state index contributed by atoms with van der Waals surface area (Å²) in [5.74, 6) is 0.543. The second-order valence-corrected chi connectivity index (χ2v) is 6.73. The van der Waals surface area contributed by atoms with Gasteiger partial charge in [-0.2, -0.15) is 0 Å². The van der Waals surface area contributed by atoms with Gasteiger partial charge in [0.15, 0.2) is 0 Å². The van der Waals surface area contributed by atoms with Crippen LogP contribution in [0.25, 0.3) is 27.7 Å². The van der Waals surface area contributed by atoms with Gasteiger partial charge < -0.3 is 19.2 Å². The molecule has 1 amide bonds. The lowest BCUT2D eigenvalue weighted by Gasteiger charge is -2.10. The zero-order chi connectivity index (χ0) is 20.6. The average Bonchev–Trinajstić information content (AvgIpc) is 3.16. The molecule has 3 aromatic rings. The van der Waals surface area contributed by atoms with Crippen LogP contribution in [0.5, 0.6) is 5.75 Å². The average molecular weight is 393 g/mol. The Morgan fingerprint density at radius 1 is 1.21 bits per heavy atom. The fraction of sp³-hybridized carbons (Fsp3) is 0.292. The lowest BCUT2D eigenvalue weighted by atomic mass is 9.99. The molecule has 0 unspecified atom stereocenters. The van der Waals surface area contributed by atoms with E-state index in [2.05, 4.69) is 5.32 Å². The minimum atomic E-state index is -0.128. The summed E-state index contributed by atoms with van der Waals surface area (Å²) in [5, 5.41) is 3.88. The summed E-state index contributed by atoms with van der Waals surface area (Å²) in [6, 6.07) is 14.0. The molecule has 0 fully saturated rings.